The van der Waals surface area contributed by atoms with Gasteiger partial charge in [-0.2, -0.15) is 4.31 Å². The van der Waals surface area contributed by atoms with Gasteiger partial charge in [0.05, 0.1) is 27.6 Å². The lowest BCUT2D eigenvalue weighted by atomic mass is 10.2. The van der Waals surface area contributed by atoms with E-state index in [2.05, 4.69) is 0 Å². The number of sulfonamides is 2. The number of fused-ring (bicyclic) bond motifs is 1. The van der Waals surface area contributed by atoms with Gasteiger partial charge in [-0.25, -0.2) is 16.8 Å². The molecular formula is C19H23ClN2O5S2. The molecule has 0 radical (unpaired) electrons. The molecule has 0 saturated carbocycles. The Labute approximate surface area is 176 Å². The van der Waals surface area contributed by atoms with E-state index in [1.54, 1.807) is 26.0 Å². The Hall–Kier alpha value is -1.81. The third-order valence-electron chi connectivity index (χ3n) is 4.96. The van der Waals surface area contributed by atoms with Crippen molar-refractivity contribution in [1.29, 1.82) is 0 Å². The summed E-state index contributed by atoms with van der Waals surface area (Å²) in [6, 6.07) is 8.89. The van der Waals surface area contributed by atoms with Gasteiger partial charge in [0, 0.05) is 19.6 Å². The molecule has 0 saturated heterocycles. The first-order valence-corrected chi connectivity index (χ1v) is 12.4. The third kappa shape index (κ3) is 3.84. The lowest BCUT2D eigenvalue weighted by molar-refractivity contribution is 0.414. The number of rotatable bonds is 7. The molecule has 0 atom stereocenters. The molecule has 0 spiro atoms. The highest BCUT2D eigenvalue weighted by molar-refractivity contribution is 7.92. The van der Waals surface area contributed by atoms with E-state index >= 15 is 0 Å². The summed E-state index contributed by atoms with van der Waals surface area (Å²) in [7, 11) is -5.99. The van der Waals surface area contributed by atoms with Gasteiger partial charge >= 0.3 is 0 Å². The maximum Gasteiger partial charge on any atom is 0.264 e. The number of anilines is 1. The van der Waals surface area contributed by atoms with Crippen molar-refractivity contribution in [2.75, 3.05) is 31.0 Å². The Bertz CT molecular complexity index is 1130. The highest BCUT2D eigenvalue weighted by atomic mass is 35.5. The summed E-state index contributed by atoms with van der Waals surface area (Å²) < 4.78 is 59.5. The van der Waals surface area contributed by atoms with Crippen molar-refractivity contribution < 1.29 is 21.6 Å². The molecule has 0 aromatic heterocycles. The Morgan fingerprint density at radius 1 is 1.03 bits per heavy atom. The fourth-order valence-electron chi connectivity index (χ4n) is 3.41. The number of methoxy groups -OCH3 is 1. The average molecular weight is 459 g/mol. The Morgan fingerprint density at radius 2 is 1.69 bits per heavy atom. The van der Waals surface area contributed by atoms with Crippen LogP contribution in [0.5, 0.6) is 5.75 Å². The molecule has 10 heteroatoms. The number of hydrogen-bond donors (Lipinski definition) is 0. The zero-order valence-electron chi connectivity index (χ0n) is 16.4. The summed E-state index contributed by atoms with van der Waals surface area (Å²) in [5.74, 6) is 0.388. The van der Waals surface area contributed by atoms with Gasteiger partial charge in [-0.3, -0.25) is 4.31 Å². The minimum absolute atomic E-state index is 0.0518. The number of halogens is 1. The standard InChI is InChI=1S/C19H23ClN2O5S2/c1-4-21(5-2)28(23,24)15-6-8-18-14(12-15)10-11-22(18)29(25,26)16-7-9-19(27-3)17(20)13-16/h6-9,12-13H,4-5,10-11H2,1-3H3. The lowest BCUT2D eigenvalue weighted by Gasteiger charge is -2.21. The summed E-state index contributed by atoms with van der Waals surface area (Å²) >= 11 is 6.09. The topological polar surface area (TPSA) is 84.0 Å². The second-order valence-electron chi connectivity index (χ2n) is 6.50. The second kappa shape index (κ2) is 8.14. The molecule has 3 rings (SSSR count). The molecule has 0 unspecified atom stereocenters. The fraction of sp³-hybridized carbons (Fsp3) is 0.368. The van der Waals surface area contributed by atoms with E-state index in [4.69, 9.17) is 16.3 Å². The van der Waals surface area contributed by atoms with E-state index in [9.17, 15) is 16.8 Å². The predicted molar refractivity (Wildman–Crippen MR) is 113 cm³/mol. The average Bonchev–Trinajstić information content (AvgIpc) is 3.12. The van der Waals surface area contributed by atoms with Crippen molar-refractivity contribution in [3.63, 3.8) is 0 Å². The molecule has 2 aromatic carbocycles. The molecule has 0 bridgehead atoms. The van der Waals surface area contributed by atoms with E-state index in [1.165, 1.54) is 40.0 Å². The fourth-order valence-corrected chi connectivity index (χ4v) is 6.77. The monoisotopic (exact) mass is 458 g/mol. The van der Waals surface area contributed by atoms with Crippen molar-refractivity contribution in [1.82, 2.24) is 4.31 Å². The summed E-state index contributed by atoms with van der Waals surface area (Å²) in [6.45, 7) is 4.53. The molecule has 1 aliphatic heterocycles. The third-order valence-corrected chi connectivity index (χ3v) is 9.11. The van der Waals surface area contributed by atoms with Gasteiger partial charge in [0.25, 0.3) is 10.0 Å². The number of benzene rings is 2. The quantitative estimate of drug-likeness (QED) is 0.636. The van der Waals surface area contributed by atoms with Gasteiger partial charge in [-0.15, -0.1) is 0 Å². The van der Waals surface area contributed by atoms with Crippen molar-refractivity contribution in [2.45, 2.75) is 30.1 Å². The lowest BCUT2D eigenvalue weighted by Crippen LogP contribution is -2.30. The summed E-state index contributed by atoms with van der Waals surface area (Å²) in [4.78, 5) is 0.225. The second-order valence-corrected chi connectivity index (χ2v) is 10.7. The van der Waals surface area contributed by atoms with Crippen LogP contribution in [0.2, 0.25) is 5.02 Å². The Morgan fingerprint density at radius 3 is 2.28 bits per heavy atom. The summed E-state index contributed by atoms with van der Waals surface area (Å²) in [5, 5.41) is 0.202. The van der Waals surface area contributed by atoms with Crippen LogP contribution in [-0.2, 0) is 26.5 Å². The molecule has 1 heterocycles. The molecule has 0 aliphatic carbocycles. The van der Waals surface area contributed by atoms with Crippen LogP contribution in [0, 0.1) is 0 Å². The molecule has 158 valence electrons. The smallest absolute Gasteiger partial charge is 0.264 e. The molecule has 0 N–H and O–H groups in total. The van der Waals surface area contributed by atoms with Crippen molar-refractivity contribution >= 4 is 37.3 Å². The van der Waals surface area contributed by atoms with Crippen LogP contribution in [0.3, 0.4) is 0 Å². The number of hydrogen-bond acceptors (Lipinski definition) is 5. The van der Waals surface area contributed by atoms with Gasteiger partial charge in [0.1, 0.15) is 5.75 Å². The van der Waals surface area contributed by atoms with Crippen molar-refractivity contribution in [2.24, 2.45) is 0 Å². The van der Waals surface area contributed by atoms with Gasteiger partial charge in [-0.1, -0.05) is 25.4 Å². The van der Waals surface area contributed by atoms with Crippen LogP contribution in [0.25, 0.3) is 0 Å². The first kappa shape index (κ1) is 21.9. The molecule has 1 aliphatic rings. The predicted octanol–water partition coefficient (Wildman–Crippen LogP) is 3.13. The zero-order valence-corrected chi connectivity index (χ0v) is 18.8. The first-order valence-electron chi connectivity index (χ1n) is 9.16. The zero-order chi connectivity index (χ0) is 21.4. The van der Waals surface area contributed by atoms with Crippen molar-refractivity contribution in [3.05, 3.63) is 47.0 Å². The summed E-state index contributed by atoms with van der Waals surface area (Å²) in [6.07, 6.45) is 0.431. The maximum absolute atomic E-state index is 13.1. The van der Waals surface area contributed by atoms with Gasteiger partial charge < -0.3 is 4.74 Å². The van der Waals surface area contributed by atoms with Crippen LogP contribution in [-0.4, -0.2) is 47.9 Å². The molecular weight excluding hydrogens is 436 g/mol. The van der Waals surface area contributed by atoms with E-state index in [0.29, 0.717) is 36.5 Å². The van der Waals surface area contributed by atoms with Crippen LogP contribution >= 0.6 is 11.6 Å². The Kier molecular flexibility index (Phi) is 6.14. The molecule has 0 fully saturated rings. The minimum Gasteiger partial charge on any atom is -0.495 e. The number of ether oxygens (including phenoxy) is 1. The normalized spacial score (nSPS) is 14.3. The van der Waals surface area contributed by atoms with Crippen molar-refractivity contribution in [3.8, 4) is 5.75 Å². The van der Waals surface area contributed by atoms with Gasteiger partial charge in [0.15, 0.2) is 0 Å². The van der Waals surface area contributed by atoms with E-state index in [1.807, 2.05) is 0 Å². The molecule has 29 heavy (non-hydrogen) atoms. The van der Waals surface area contributed by atoms with Crippen LogP contribution in [0.15, 0.2) is 46.2 Å². The number of nitrogens with zero attached hydrogens (tertiary/aromatic N) is 2. The van der Waals surface area contributed by atoms with Crippen LogP contribution in [0.1, 0.15) is 19.4 Å². The van der Waals surface area contributed by atoms with Crippen LogP contribution in [0.4, 0.5) is 5.69 Å². The van der Waals surface area contributed by atoms with Crippen LogP contribution < -0.4 is 9.04 Å². The highest BCUT2D eigenvalue weighted by Crippen LogP contribution is 2.36. The molecule has 2 aromatic rings. The molecule has 0 amide bonds. The first-order chi connectivity index (χ1) is 13.7. The van der Waals surface area contributed by atoms with E-state index < -0.39 is 20.0 Å². The van der Waals surface area contributed by atoms with Gasteiger partial charge in [0.2, 0.25) is 10.0 Å². The van der Waals surface area contributed by atoms with Gasteiger partial charge in [-0.05, 0) is 48.4 Å². The SMILES string of the molecule is CCN(CC)S(=O)(=O)c1ccc2c(c1)CCN2S(=O)(=O)c1ccc(OC)c(Cl)c1. The van der Waals surface area contributed by atoms with E-state index in [-0.39, 0.29) is 21.4 Å². The molecule has 7 nitrogen and oxygen atoms in total. The minimum atomic E-state index is -3.84. The largest absolute Gasteiger partial charge is 0.495 e. The maximum atomic E-state index is 13.1. The highest BCUT2D eigenvalue weighted by Gasteiger charge is 2.33. The van der Waals surface area contributed by atoms with E-state index in [0.717, 1.165) is 0 Å². The Balaban J connectivity index is 1.99. The summed E-state index contributed by atoms with van der Waals surface area (Å²) in [5.41, 5.74) is 1.16.